The van der Waals surface area contributed by atoms with Gasteiger partial charge >= 0.3 is 0 Å². The first-order chi connectivity index (χ1) is 24.6. The minimum absolute atomic E-state index is 0.155. The summed E-state index contributed by atoms with van der Waals surface area (Å²) < 4.78 is 4.87. The number of para-hydroxylation sites is 4. The molecule has 3 heteroatoms. The number of hydrogen-bond acceptors (Lipinski definition) is 1. The molecule has 7 aromatic carbocycles. The molecule has 0 saturated heterocycles. The van der Waals surface area contributed by atoms with Crippen LogP contribution >= 0.6 is 0 Å². The molecule has 0 saturated carbocycles. The van der Waals surface area contributed by atoms with E-state index in [9.17, 15) is 0 Å². The average molecular weight is 642 g/mol. The molecule has 2 aromatic heterocycles. The molecule has 3 nitrogen and oxygen atoms in total. The Bertz CT molecular complexity index is 2720. The summed E-state index contributed by atoms with van der Waals surface area (Å²) in [6.07, 6.45) is 0. The van der Waals surface area contributed by atoms with Crippen molar-refractivity contribution >= 4 is 49.8 Å². The highest BCUT2D eigenvalue weighted by atomic mass is 15.1. The second-order valence-corrected chi connectivity index (χ2v) is 13.8. The summed E-state index contributed by atoms with van der Waals surface area (Å²) in [4.78, 5) is 2.41. The van der Waals surface area contributed by atoms with E-state index in [2.05, 4.69) is 204 Å². The van der Waals surface area contributed by atoms with Crippen LogP contribution in [0, 0.1) is 0 Å². The van der Waals surface area contributed by atoms with Gasteiger partial charge in [-0.25, -0.2) is 0 Å². The second kappa shape index (κ2) is 10.8. The van der Waals surface area contributed by atoms with Gasteiger partial charge in [0.05, 0.1) is 16.6 Å². The van der Waals surface area contributed by atoms with Crippen LogP contribution in [0.2, 0.25) is 0 Å². The minimum atomic E-state index is -0.155. The van der Waals surface area contributed by atoms with Gasteiger partial charge in [-0.15, -0.1) is 0 Å². The highest BCUT2D eigenvalue weighted by Gasteiger charge is 2.40. The van der Waals surface area contributed by atoms with Crippen LogP contribution in [0.15, 0.2) is 176 Å². The van der Waals surface area contributed by atoms with Crippen LogP contribution in [-0.2, 0) is 5.41 Å². The fourth-order valence-electron chi connectivity index (χ4n) is 8.48. The molecule has 238 valence electrons. The zero-order valence-electron chi connectivity index (χ0n) is 28.1. The monoisotopic (exact) mass is 641 g/mol. The maximum atomic E-state index is 2.49. The maximum Gasteiger partial charge on any atom is 0.0542 e. The first-order valence-corrected chi connectivity index (χ1v) is 17.4. The lowest BCUT2D eigenvalue weighted by Gasteiger charge is -2.26. The predicted octanol–water partition coefficient (Wildman–Crippen LogP) is 12.5. The van der Waals surface area contributed by atoms with E-state index in [1.807, 2.05) is 0 Å². The van der Waals surface area contributed by atoms with Gasteiger partial charge in [-0.1, -0.05) is 111 Å². The third-order valence-electron chi connectivity index (χ3n) is 10.6. The summed E-state index contributed by atoms with van der Waals surface area (Å²) in [7, 11) is 0. The van der Waals surface area contributed by atoms with Gasteiger partial charge in [0.15, 0.2) is 0 Å². The average Bonchev–Trinajstić information content (AvgIpc) is 3.77. The number of rotatable bonds is 5. The SMILES string of the molecule is CC1(C)c2ccccc2-c2c1n(-c1ccccc1)c1ccc(N(c3ccccc3)c3ccc4c(c3)c3ccccc3n4-c3ccccc3)cc21. The molecule has 2 heterocycles. The lowest BCUT2D eigenvalue weighted by Crippen LogP contribution is -2.19. The van der Waals surface area contributed by atoms with E-state index in [4.69, 9.17) is 0 Å². The normalized spacial score (nSPS) is 13.2. The van der Waals surface area contributed by atoms with Crippen LogP contribution in [0.4, 0.5) is 17.1 Å². The van der Waals surface area contributed by atoms with Gasteiger partial charge in [-0.3, -0.25) is 0 Å². The fraction of sp³-hybridized carbons (Fsp3) is 0.0638. The third kappa shape index (κ3) is 4.10. The summed E-state index contributed by atoms with van der Waals surface area (Å²) in [5.41, 5.74) is 14.6. The molecule has 9 aromatic rings. The first-order valence-electron chi connectivity index (χ1n) is 17.4. The molecule has 0 atom stereocenters. The van der Waals surface area contributed by atoms with Gasteiger partial charge in [-0.2, -0.15) is 0 Å². The van der Waals surface area contributed by atoms with Crippen LogP contribution in [-0.4, -0.2) is 9.13 Å². The van der Waals surface area contributed by atoms with Crippen LogP contribution in [0.25, 0.3) is 55.2 Å². The molecule has 0 radical (unpaired) electrons. The molecule has 1 aliphatic rings. The first kappa shape index (κ1) is 28.7. The number of hydrogen-bond donors (Lipinski definition) is 0. The number of nitrogens with zero attached hydrogens (tertiary/aromatic N) is 3. The highest BCUT2D eigenvalue weighted by molar-refractivity contribution is 6.11. The highest BCUT2D eigenvalue weighted by Crippen LogP contribution is 2.54. The molecule has 0 spiro atoms. The maximum absolute atomic E-state index is 2.49. The molecular weight excluding hydrogens is 607 g/mol. The van der Waals surface area contributed by atoms with E-state index in [1.165, 1.54) is 60.8 Å². The molecule has 0 aliphatic heterocycles. The van der Waals surface area contributed by atoms with E-state index in [1.54, 1.807) is 0 Å². The topological polar surface area (TPSA) is 13.1 Å². The molecule has 0 bridgehead atoms. The van der Waals surface area contributed by atoms with Crippen LogP contribution in [0.1, 0.15) is 25.1 Å². The molecule has 0 amide bonds. The van der Waals surface area contributed by atoms with E-state index >= 15 is 0 Å². The van der Waals surface area contributed by atoms with Gasteiger partial charge in [-0.05, 0) is 90.0 Å². The van der Waals surface area contributed by atoms with Crippen molar-refractivity contribution in [1.29, 1.82) is 0 Å². The van der Waals surface area contributed by atoms with Crippen LogP contribution < -0.4 is 4.90 Å². The third-order valence-corrected chi connectivity index (χ3v) is 10.6. The molecule has 0 N–H and O–H groups in total. The Labute approximate surface area is 291 Å². The van der Waals surface area contributed by atoms with Gasteiger partial charge in [0.1, 0.15) is 0 Å². The summed E-state index contributed by atoms with van der Waals surface area (Å²) in [6, 6.07) is 63.9. The lowest BCUT2D eigenvalue weighted by molar-refractivity contribution is 0.624. The van der Waals surface area contributed by atoms with Crippen molar-refractivity contribution in [2.75, 3.05) is 4.90 Å². The van der Waals surface area contributed by atoms with E-state index in [-0.39, 0.29) is 5.41 Å². The molecule has 10 rings (SSSR count). The smallest absolute Gasteiger partial charge is 0.0542 e. The number of fused-ring (bicyclic) bond motifs is 8. The minimum Gasteiger partial charge on any atom is -0.312 e. The van der Waals surface area contributed by atoms with Crippen molar-refractivity contribution in [3.05, 3.63) is 187 Å². The Kier molecular flexibility index (Phi) is 6.22. The summed E-state index contributed by atoms with van der Waals surface area (Å²) in [5, 5.41) is 3.74. The Balaban J connectivity index is 1.24. The van der Waals surface area contributed by atoms with Gasteiger partial charge in [0.2, 0.25) is 0 Å². The van der Waals surface area contributed by atoms with Gasteiger partial charge in [0, 0.05) is 61.3 Å². The number of anilines is 3. The Hall–Kier alpha value is -6.32. The van der Waals surface area contributed by atoms with Crippen molar-refractivity contribution in [1.82, 2.24) is 9.13 Å². The Morgan fingerprint density at radius 2 is 0.940 bits per heavy atom. The van der Waals surface area contributed by atoms with Gasteiger partial charge in [0.25, 0.3) is 0 Å². The lowest BCUT2D eigenvalue weighted by atomic mass is 9.85. The molecule has 0 unspecified atom stereocenters. The molecular formula is C47H35N3. The van der Waals surface area contributed by atoms with Crippen molar-refractivity contribution < 1.29 is 0 Å². The molecule has 50 heavy (non-hydrogen) atoms. The summed E-state index contributed by atoms with van der Waals surface area (Å²) >= 11 is 0. The number of aromatic nitrogens is 2. The van der Waals surface area contributed by atoms with Crippen molar-refractivity contribution in [3.8, 4) is 22.5 Å². The standard InChI is InChI=1S/C47H35N3/c1-47(2)41-24-14-12-23-38(41)45-40-31-36(27-29-44(40)50(46(45)47)34-20-10-5-11-21-34)48(32-16-6-3-7-17-32)35-26-28-43-39(30-35)37-22-13-15-25-42(37)49(43)33-18-8-4-9-19-33/h3-31H,1-2H3. The van der Waals surface area contributed by atoms with Crippen molar-refractivity contribution in [2.24, 2.45) is 0 Å². The van der Waals surface area contributed by atoms with Crippen LogP contribution in [0.5, 0.6) is 0 Å². The second-order valence-electron chi connectivity index (χ2n) is 13.8. The van der Waals surface area contributed by atoms with Gasteiger partial charge < -0.3 is 14.0 Å². The Morgan fingerprint density at radius 3 is 1.64 bits per heavy atom. The zero-order valence-corrected chi connectivity index (χ0v) is 28.1. The van der Waals surface area contributed by atoms with E-state index < -0.39 is 0 Å². The van der Waals surface area contributed by atoms with Crippen molar-refractivity contribution in [3.63, 3.8) is 0 Å². The fourth-order valence-corrected chi connectivity index (χ4v) is 8.48. The predicted molar refractivity (Wildman–Crippen MR) is 210 cm³/mol. The van der Waals surface area contributed by atoms with Crippen LogP contribution in [0.3, 0.4) is 0 Å². The van der Waals surface area contributed by atoms with Crippen molar-refractivity contribution in [2.45, 2.75) is 19.3 Å². The molecule has 1 aliphatic carbocycles. The van der Waals surface area contributed by atoms with E-state index in [0.717, 1.165) is 22.7 Å². The summed E-state index contributed by atoms with van der Waals surface area (Å²) in [5.74, 6) is 0. The number of benzene rings is 7. The Morgan fingerprint density at radius 1 is 0.420 bits per heavy atom. The molecule has 0 fully saturated rings. The largest absolute Gasteiger partial charge is 0.312 e. The quantitative estimate of drug-likeness (QED) is 0.182. The summed E-state index contributed by atoms with van der Waals surface area (Å²) in [6.45, 7) is 4.74. The van der Waals surface area contributed by atoms with E-state index in [0.29, 0.717) is 0 Å². The zero-order chi connectivity index (χ0) is 33.4.